The van der Waals surface area contributed by atoms with Crippen molar-refractivity contribution in [2.24, 2.45) is 0 Å². The summed E-state index contributed by atoms with van der Waals surface area (Å²) < 4.78 is 6.87. The zero-order valence-corrected chi connectivity index (χ0v) is 17.2. The average molecular weight is 455 g/mol. The lowest BCUT2D eigenvalue weighted by atomic mass is 9.96. The van der Waals surface area contributed by atoms with Crippen molar-refractivity contribution in [1.29, 1.82) is 0 Å². The van der Waals surface area contributed by atoms with Gasteiger partial charge >= 0.3 is 6.09 Å². The van der Waals surface area contributed by atoms with Gasteiger partial charge in [-0.05, 0) is 90.9 Å². The second-order valence-electron chi connectivity index (χ2n) is 7.08. The molecule has 0 aliphatic carbocycles. The van der Waals surface area contributed by atoms with Gasteiger partial charge in [0.25, 0.3) is 0 Å². The molecule has 5 heteroatoms. The summed E-state index contributed by atoms with van der Waals surface area (Å²) >= 11 is 4.08. The fourth-order valence-corrected chi connectivity index (χ4v) is 4.69. The molecule has 0 saturated carbocycles. The van der Waals surface area contributed by atoms with Crippen LogP contribution in [-0.4, -0.2) is 23.1 Å². The van der Waals surface area contributed by atoms with E-state index < -0.39 is 5.60 Å². The molecule has 2 heterocycles. The largest absolute Gasteiger partial charge is 0.444 e. The second-order valence-corrected chi connectivity index (χ2v) is 9.28. The van der Waals surface area contributed by atoms with Gasteiger partial charge in [-0.3, -0.25) is 4.90 Å². The predicted octanol–water partition coefficient (Wildman–Crippen LogP) is 5.43. The fraction of sp³-hybridized carbons (Fsp3) is 0.421. The number of halogens is 1. The van der Waals surface area contributed by atoms with E-state index in [0.717, 1.165) is 12.8 Å². The van der Waals surface area contributed by atoms with Crippen LogP contribution in [0.15, 0.2) is 35.7 Å². The molecule has 0 saturated heterocycles. The molecule has 0 N–H and O–H groups in total. The highest BCUT2D eigenvalue weighted by Gasteiger charge is 2.34. The molecule has 2 aromatic rings. The quantitative estimate of drug-likeness (QED) is 0.566. The molecule has 1 amide bonds. The molecular weight excluding hydrogens is 433 g/mol. The highest BCUT2D eigenvalue weighted by atomic mass is 127. The van der Waals surface area contributed by atoms with E-state index >= 15 is 0 Å². The predicted molar refractivity (Wildman–Crippen MR) is 107 cm³/mol. The van der Waals surface area contributed by atoms with Crippen molar-refractivity contribution in [3.05, 3.63) is 55.3 Å². The van der Waals surface area contributed by atoms with E-state index in [2.05, 4.69) is 58.3 Å². The molecule has 1 atom stereocenters. The number of amides is 1. The van der Waals surface area contributed by atoms with Crippen LogP contribution < -0.4 is 0 Å². The molecule has 1 aromatic heterocycles. The van der Waals surface area contributed by atoms with Gasteiger partial charge in [0.05, 0.1) is 6.04 Å². The van der Waals surface area contributed by atoms with E-state index in [4.69, 9.17) is 4.74 Å². The third-order valence-corrected chi connectivity index (χ3v) is 5.76. The van der Waals surface area contributed by atoms with Gasteiger partial charge in [-0.25, -0.2) is 4.79 Å². The Hall–Kier alpha value is -1.08. The summed E-state index contributed by atoms with van der Waals surface area (Å²) in [5.74, 6) is 0. The lowest BCUT2D eigenvalue weighted by Gasteiger charge is -2.36. The van der Waals surface area contributed by atoms with Crippen LogP contribution in [0.25, 0.3) is 0 Å². The minimum Gasteiger partial charge on any atom is -0.444 e. The number of nitrogens with zero attached hydrogens (tertiary/aromatic N) is 1. The van der Waals surface area contributed by atoms with Gasteiger partial charge in [0, 0.05) is 15.0 Å². The number of carbonyl (C=O) groups excluding carboxylic acids is 1. The monoisotopic (exact) mass is 455 g/mol. The lowest BCUT2D eigenvalue weighted by molar-refractivity contribution is 0.0146. The number of hydrogen-bond acceptors (Lipinski definition) is 3. The summed E-state index contributed by atoms with van der Waals surface area (Å²) in [4.78, 5) is 15.9. The van der Waals surface area contributed by atoms with Crippen molar-refractivity contribution in [2.75, 3.05) is 6.54 Å². The summed E-state index contributed by atoms with van der Waals surface area (Å²) in [6.07, 6.45) is 1.52. The topological polar surface area (TPSA) is 29.5 Å². The van der Waals surface area contributed by atoms with Crippen LogP contribution >= 0.6 is 33.9 Å². The van der Waals surface area contributed by atoms with E-state index in [1.807, 2.05) is 25.7 Å². The summed E-state index contributed by atoms with van der Waals surface area (Å²) in [5.41, 5.74) is 2.15. The van der Waals surface area contributed by atoms with E-state index in [-0.39, 0.29) is 12.1 Å². The van der Waals surface area contributed by atoms with Crippen LogP contribution in [0.5, 0.6) is 0 Å². The Morgan fingerprint density at radius 3 is 2.88 bits per heavy atom. The highest BCUT2D eigenvalue weighted by Crippen LogP contribution is 2.37. The molecule has 1 aromatic carbocycles. The zero-order valence-electron chi connectivity index (χ0n) is 14.2. The van der Waals surface area contributed by atoms with Crippen LogP contribution in [0.2, 0.25) is 0 Å². The minimum absolute atomic E-state index is 0.0572. The third kappa shape index (κ3) is 4.11. The molecule has 3 nitrogen and oxygen atoms in total. The highest BCUT2D eigenvalue weighted by molar-refractivity contribution is 14.1. The van der Waals surface area contributed by atoms with Crippen molar-refractivity contribution < 1.29 is 9.53 Å². The van der Waals surface area contributed by atoms with Gasteiger partial charge in [0.15, 0.2) is 0 Å². The summed E-state index contributed by atoms with van der Waals surface area (Å²) in [7, 11) is 0. The number of benzene rings is 1. The van der Waals surface area contributed by atoms with Crippen molar-refractivity contribution in [3.63, 3.8) is 0 Å². The molecule has 0 spiro atoms. The first-order chi connectivity index (χ1) is 11.3. The Morgan fingerprint density at radius 2 is 2.17 bits per heavy atom. The first-order valence-electron chi connectivity index (χ1n) is 8.14. The first-order valence-corrected chi connectivity index (χ1v) is 10.1. The number of ether oxygens (including phenoxy) is 1. The molecule has 24 heavy (non-hydrogen) atoms. The van der Waals surface area contributed by atoms with E-state index in [0.29, 0.717) is 6.54 Å². The van der Waals surface area contributed by atoms with Gasteiger partial charge in [0.1, 0.15) is 5.60 Å². The van der Waals surface area contributed by atoms with E-state index in [1.165, 1.54) is 19.6 Å². The molecule has 1 unspecified atom stereocenters. The molecule has 1 aliphatic rings. The normalized spacial score (nSPS) is 17.5. The van der Waals surface area contributed by atoms with Gasteiger partial charge < -0.3 is 4.74 Å². The summed E-state index contributed by atoms with van der Waals surface area (Å²) in [6.45, 7) is 6.47. The van der Waals surface area contributed by atoms with Crippen molar-refractivity contribution in [2.45, 2.75) is 45.3 Å². The molecule has 0 fully saturated rings. The van der Waals surface area contributed by atoms with Gasteiger partial charge in [0.2, 0.25) is 0 Å². The minimum atomic E-state index is -0.473. The smallest absolute Gasteiger partial charge is 0.410 e. The van der Waals surface area contributed by atoms with E-state index in [9.17, 15) is 4.79 Å². The van der Waals surface area contributed by atoms with Crippen LogP contribution in [0, 0.1) is 3.57 Å². The molecule has 0 bridgehead atoms. The van der Waals surface area contributed by atoms with Crippen LogP contribution in [0.3, 0.4) is 0 Å². The maximum Gasteiger partial charge on any atom is 0.410 e. The molecule has 128 valence electrons. The van der Waals surface area contributed by atoms with Crippen LogP contribution in [0.4, 0.5) is 4.79 Å². The molecular formula is C19H22INO2S. The van der Waals surface area contributed by atoms with Crippen LogP contribution in [-0.2, 0) is 17.6 Å². The first kappa shape index (κ1) is 17.7. The molecule has 3 rings (SSSR count). The maximum atomic E-state index is 12.7. The summed E-state index contributed by atoms with van der Waals surface area (Å²) in [5, 5.41) is 2.13. The average Bonchev–Trinajstić information content (AvgIpc) is 2.94. The number of hydrogen-bond donors (Lipinski definition) is 0. The Labute approximate surface area is 161 Å². The standard InChI is InChI=1S/C19H22INO2S/c1-19(2,3)23-18(22)21-9-7-14-8-10-24-17(14)16(21)12-13-5-4-6-15(20)11-13/h4-6,8,10-11,16H,7,9,12H2,1-3H3. The Morgan fingerprint density at radius 1 is 1.38 bits per heavy atom. The fourth-order valence-electron chi connectivity index (χ4n) is 3.01. The Bertz CT molecular complexity index is 735. The number of fused-ring (bicyclic) bond motifs is 1. The number of thiophene rings is 1. The number of carbonyl (C=O) groups is 1. The molecule has 1 aliphatic heterocycles. The van der Waals surface area contributed by atoms with Crippen molar-refractivity contribution >= 4 is 40.0 Å². The second kappa shape index (κ2) is 7.04. The zero-order chi connectivity index (χ0) is 17.3. The van der Waals surface area contributed by atoms with Crippen molar-refractivity contribution in [3.8, 4) is 0 Å². The van der Waals surface area contributed by atoms with Crippen LogP contribution in [0.1, 0.15) is 42.8 Å². The Kier molecular flexibility index (Phi) is 5.20. The van der Waals surface area contributed by atoms with Gasteiger partial charge in [-0.1, -0.05) is 12.1 Å². The molecule has 0 radical (unpaired) electrons. The van der Waals surface area contributed by atoms with Gasteiger partial charge in [-0.15, -0.1) is 11.3 Å². The van der Waals surface area contributed by atoms with Crippen molar-refractivity contribution in [1.82, 2.24) is 4.90 Å². The lowest BCUT2D eigenvalue weighted by Crippen LogP contribution is -2.43. The SMILES string of the molecule is CC(C)(C)OC(=O)N1CCc2ccsc2C1Cc1cccc(I)c1. The van der Waals surface area contributed by atoms with E-state index in [1.54, 1.807) is 11.3 Å². The van der Waals surface area contributed by atoms with Gasteiger partial charge in [-0.2, -0.15) is 0 Å². The Balaban J connectivity index is 1.89. The maximum absolute atomic E-state index is 12.7. The summed E-state index contributed by atoms with van der Waals surface area (Å²) in [6, 6.07) is 10.7. The third-order valence-electron chi connectivity index (χ3n) is 4.03. The number of rotatable bonds is 2.